The molecule has 2 aromatic rings. The molecule has 1 aliphatic heterocycles. The summed E-state index contributed by atoms with van der Waals surface area (Å²) < 4.78 is 82.7. The Morgan fingerprint density at radius 2 is 1.86 bits per heavy atom. The van der Waals surface area contributed by atoms with Crippen molar-refractivity contribution in [3.05, 3.63) is 69.2 Å². The Kier molecular flexibility index (Phi) is 6.56. The van der Waals surface area contributed by atoms with Gasteiger partial charge in [0.1, 0.15) is 35.9 Å². The molecule has 1 saturated heterocycles. The minimum Gasteiger partial charge on any atom is -0.325 e. The molecule has 2 aromatic carbocycles. The molecular formula is C23H18BrF6N3O3. The van der Waals surface area contributed by atoms with E-state index in [9.17, 15) is 40.7 Å². The van der Waals surface area contributed by atoms with Crippen molar-refractivity contribution in [2.75, 3.05) is 6.54 Å². The highest BCUT2D eigenvalue weighted by Crippen LogP contribution is 2.49. The SMILES string of the molecule is C[C@H](N(Cc1ccc(F)cc1)C(=O)CN1C(=O)N[C@@]2(C[C@H](F)c3cc(Br)c(F)cc32)C1=O)C(F)(F)F. The van der Waals surface area contributed by atoms with Crippen molar-refractivity contribution in [1.29, 1.82) is 0 Å². The first-order valence-corrected chi connectivity index (χ1v) is 11.4. The van der Waals surface area contributed by atoms with E-state index >= 15 is 0 Å². The summed E-state index contributed by atoms with van der Waals surface area (Å²) in [6.07, 6.45) is -7.14. The third-order valence-electron chi connectivity index (χ3n) is 6.37. The highest BCUT2D eigenvalue weighted by atomic mass is 79.9. The van der Waals surface area contributed by atoms with Gasteiger partial charge in [0.2, 0.25) is 5.91 Å². The maximum Gasteiger partial charge on any atom is 0.408 e. The second-order valence-electron chi connectivity index (χ2n) is 8.62. The van der Waals surface area contributed by atoms with Crippen LogP contribution in [0, 0.1) is 11.6 Å². The number of urea groups is 1. The van der Waals surface area contributed by atoms with Crippen LogP contribution in [0.1, 0.15) is 36.2 Å². The summed E-state index contributed by atoms with van der Waals surface area (Å²) >= 11 is 2.93. The third-order valence-corrected chi connectivity index (χ3v) is 6.98. The number of benzene rings is 2. The van der Waals surface area contributed by atoms with E-state index in [0.717, 1.165) is 31.2 Å². The van der Waals surface area contributed by atoms with Crippen LogP contribution in [-0.2, 0) is 21.7 Å². The molecule has 4 amide bonds. The average Bonchev–Trinajstić information content (AvgIpc) is 3.19. The lowest BCUT2D eigenvalue weighted by molar-refractivity contribution is -0.187. The summed E-state index contributed by atoms with van der Waals surface area (Å²) in [5.41, 5.74) is -1.98. The molecule has 1 fully saturated rings. The first-order valence-electron chi connectivity index (χ1n) is 10.6. The highest BCUT2D eigenvalue weighted by molar-refractivity contribution is 9.10. The van der Waals surface area contributed by atoms with E-state index in [1.54, 1.807) is 0 Å². The monoisotopic (exact) mass is 577 g/mol. The van der Waals surface area contributed by atoms with Crippen LogP contribution in [0.4, 0.5) is 31.1 Å². The molecule has 3 atom stereocenters. The maximum atomic E-state index is 14.8. The van der Waals surface area contributed by atoms with E-state index in [1.807, 2.05) is 0 Å². The lowest BCUT2D eigenvalue weighted by Crippen LogP contribution is -2.51. The molecule has 36 heavy (non-hydrogen) atoms. The van der Waals surface area contributed by atoms with Crippen LogP contribution < -0.4 is 5.32 Å². The van der Waals surface area contributed by atoms with Crippen molar-refractivity contribution in [2.24, 2.45) is 0 Å². The van der Waals surface area contributed by atoms with E-state index < -0.39 is 72.9 Å². The first-order chi connectivity index (χ1) is 16.7. The number of nitrogens with zero attached hydrogens (tertiary/aromatic N) is 2. The number of alkyl halides is 4. The molecule has 2 aliphatic rings. The molecule has 1 N–H and O–H groups in total. The van der Waals surface area contributed by atoms with Crippen molar-refractivity contribution < 1.29 is 40.7 Å². The Bertz CT molecular complexity index is 1240. The fourth-order valence-corrected chi connectivity index (χ4v) is 4.76. The molecule has 192 valence electrons. The zero-order valence-corrected chi connectivity index (χ0v) is 20.1. The van der Waals surface area contributed by atoms with Gasteiger partial charge in [0.25, 0.3) is 5.91 Å². The van der Waals surface area contributed by atoms with Crippen LogP contribution in [0.3, 0.4) is 0 Å². The summed E-state index contributed by atoms with van der Waals surface area (Å²) in [4.78, 5) is 39.7. The molecule has 0 aromatic heterocycles. The van der Waals surface area contributed by atoms with Gasteiger partial charge in [-0.05, 0) is 63.8 Å². The third kappa shape index (κ3) is 4.44. The van der Waals surface area contributed by atoms with Gasteiger partial charge in [-0.1, -0.05) is 12.1 Å². The number of carbonyl (C=O) groups excluding carboxylic acids is 3. The molecule has 0 saturated carbocycles. The van der Waals surface area contributed by atoms with Crippen molar-refractivity contribution >= 4 is 33.8 Å². The fraction of sp³-hybridized carbons (Fsp3) is 0.348. The molecule has 0 bridgehead atoms. The van der Waals surface area contributed by atoms with Gasteiger partial charge in [-0.3, -0.25) is 14.5 Å². The number of carbonyl (C=O) groups is 3. The number of rotatable bonds is 5. The number of nitrogens with one attached hydrogen (secondary N) is 1. The van der Waals surface area contributed by atoms with Crippen molar-refractivity contribution in [2.45, 2.75) is 43.8 Å². The average molecular weight is 578 g/mol. The lowest BCUT2D eigenvalue weighted by Gasteiger charge is -2.32. The number of hydrogen-bond donors (Lipinski definition) is 1. The van der Waals surface area contributed by atoms with Gasteiger partial charge < -0.3 is 10.2 Å². The van der Waals surface area contributed by atoms with Gasteiger partial charge in [0.15, 0.2) is 0 Å². The van der Waals surface area contributed by atoms with Gasteiger partial charge >= 0.3 is 12.2 Å². The molecule has 6 nitrogen and oxygen atoms in total. The summed E-state index contributed by atoms with van der Waals surface area (Å²) in [6, 6.07) is 3.04. The minimum absolute atomic E-state index is 0.0336. The van der Waals surface area contributed by atoms with Crippen LogP contribution in [0.15, 0.2) is 40.9 Å². The van der Waals surface area contributed by atoms with E-state index in [2.05, 4.69) is 21.2 Å². The van der Waals surface area contributed by atoms with Crippen molar-refractivity contribution in [3.8, 4) is 0 Å². The topological polar surface area (TPSA) is 69.7 Å². The predicted molar refractivity (Wildman–Crippen MR) is 117 cm³/mol. The van der Waals surface area contributed by atoms with E-state index in [1.165, 1.54) is 12.1 Å². The smallest absolute Gasteiger partial charge is 0.325 e. The maximum absolute atomic E-state index is 14.8. The zero-order valence-electron chi connectivity index (χ0n) is 18.5. The number of imide groups is 1. The molecule has 1 heterocycles. The Labute approximate surface area is 209 Å². The Morgan fingerprint density at radius 1 is 1.22 bits per heavy atom. The summed E-state index contributed by atoms with van der Waals surface area (Å²) in [5, 5.41) is 2.30. The van der Waals surface area contributed by atoms with Crippen LogP contribution in [0.2, 0.25) is 0 Å². The van der Waals surface area contributed by atoms with E-state index in [-0.39, 0.29) is 21.2 Å². The van der Waals surface area contributed by atoms with Gasteiger partial charge in [0, 0.05) is 13.0 Å². The summed E-state index contributed by atoms with van der Waals surface area (Å²) in [7, 11) is 0. The van der Waals surface area contributed by atoms with Crippen molar-refractivity contribution in [1.82, 2.24) is 15.1 Å². The van der Waals surface area contributed by atoms with Crippen LogP contribution in [-0.4, -0.2) is 46.4 Å². The number of hydrogen-bond acceptors (Lipinski definition) is 3. The van der Waals surface area contributed by atoms with Crippen molar-refractivity contribution in [3.63, 3.8) is 0 Å². The second kappa shape index (κ2) is 9.09. The quantitative estimate of drug-likeness (QED) is 0.407. The minimum atomic E-state index is -4.84. The second-order valence-corrected chi connectivity index (χ2v) is 9.47. The molecule has 4 rings (SSSR count). The first kappa shape index (κ1) is 26.0. The van der Waals surface area contributed by atoms with Crippen LogP contribution in [0.5, 0.6) is 0 Å². The lowest BCUT2D eigenvalue weighted by atomic mass is 9.91. The zero-order chi connectivity index (χ0) is 26.6. The largest absolute Gasteiger partial charge is 0.408 e. The fourth-order valence-electron chi connectivity index (χ4n) is 4.40. The summed E-state index contributed by atoms with van der Waals surface area (Å²) in [5.74, 6) is -3.74. The Hall–Kier alpha value is -3.09. The molecule has 0 unspecified atom stereocenters. The molecule has 1 aliphatic carbocycles. The van der Waals surface area contributed by atoms with E-state index in [0.29, 0.717) is 9.80 Å². The Balaban J connectivity index is 1.62. The number of halogens is 7. The highest BCUT2D eigenvalue weighted by Gasteiger charge is 2.59. The normalized spacial score (nSPS) is 22.1. The van der Waals surface area contributed by atoms with Gasteiger partial charge in [-0.15, -0.1) is 0 Å². The molecular weight excluding hydrogens is 560 g/mol. The molecule has 1 spiro atoms. The van der Waals surface area contributed by atoms with Crippen LogP contribution in [0.25, 0.3) is 0 Å². The number of amides is 4. The molecule has 0 radical (unpaired) electrons. The van der Waals surface area contributed by atoms with Crippen LogP contribution >= 0.6 is 15.9 Å². The van der Waals surface area contributed by atoms with Gasteiger partial charge in [0.05, 0.1) is 4.47 Å². The van der Waals surface area contributed by atoms with Gasteiger partial charge in [-0.25, -0.2) is 18.0 Å². The predicted octanol–water partition coefficient (Wildman–Crippen LogP) is 4.87. The number of fused-ring (bicyclic) bond motifs is 2. The summed E-state index contributed by atoms with van der Waals surface area (Å²) in [6.45, 7) is -0.918. The van der Waals surface area contributed by atoms with Gasteiger partial charge in [-0.2, -0.15) is 13.2 Å². The molecule has 13 heteroatoms. The van der Waals surface area contributed by atoms with E-state index in [4.69, 9.17) is 0 Å². The standard InChI is InChI=1S/C23H18BrF6N3O3/c1-11(23(28,29)30)32(9-12-2-4-13(25)5-3-12)19(34)10-33-20(35)22(31-21(33)36)8-18(27)14-6-16(24)17(26)7-15(14)22/h2-7,11,18H,8-10H2,1H3,(H,31,36)/t11-,18-,22+/m0/s1. The Morgan fingerprint density at radius 3 is 2.47 bits per heavy atom.